The molecule has 35 heavy (non-hydrogen) atoms. The van der Waals surface area contributed by atoms with E-state index in [2.05, 4.69) is 39.4 Å². The average molecular weight is 493 g/mol. The number of carbonyl (C=O) groups excluding carboxylic acids is 1. The van der Waals surface area contributed by atoms with Gasteiger partial charge in [-0.25, -0.2) is 0 Å². The molecule has 0 atom stereocenters. The van der Waals surface area contributed by atoms with Crippen LogP contribution in [0.4, 0.5) is 5.69 Å². The highest BCUT2D eigenvalue weighted by Crippen LogP contribution is 2.37. The van der Waals surface area contributed by atoms with Crippen LogP contribution in [0.2, 0.25) is 0 Å². The van der Waals surface area contributed by atoms with Crippen molar-refractivity contribution in [3.63, 3.8) is 0 Å². The van der Waals surface area contributed by atoms with Gasteiger partial charge in [0, 0.05) is 66.8 Å². The lowest BCUT2D eigenvalue weighted by atomic mass is 10.1. The zero-order valence-corrected chi connectivity index (χ0v) is 21.3. The Morgan fingerprint density at radius 3 is 2.63 bits per heavy atom. The fourth-order valence-corrected chi connectivity index (χ4v) is 5.04. The zero-order valence-electron chi connectivity index (χ0n) is 20.5. The molecule has 8 heteroatoms. The fraction of sp³-hybridized carbons (Fsp3) is 0.296. The highest BCUT2D eigenvalue weighted by atomic mass is 32.2. The van der Waals surface area contributed by atoms with Gasteiger partial charge in [0.1, 0.15) is 0 Å². The second-order valence-corrected chi connectivity index (χ2v) is 9.61. The molecule has 7 nitrogen and oxygen atoms in total. The predicted octanol–water partition coefficient (Wildman–Crippen LogP) is 4.58. The number of ether oxygens (including phenoxy) is 2. The molecule has 0 saturated carbocycles. The molecule has 0 radical (unpaired) electrons. The largest absolute Gasteiger partial charge is 0.493 e. The highest BCUT2D eigenvalue weighted by Gasteiger charge is 2.20. The molecule has 2 aromatic carbocycles. The Balaban J connectivity index is 1.50. The number of nitrogens with one attached hydrogen (secondary N) is 2. The summed E-state index contributed by atoms with van der Waals surface area (Å²) < 4.78 is 10.6. The number of hydrogen-bond acceptors (Lipinski definition) is 7. The quantitative estimate of drug-likeness (QED) is 0.559. The summed E-state index contributed by atoms with van der Waals surface area (Å²) in [5.41, 5.74) is 3.20. The Bertz CT molecular complexity index is 1150. The van der Waals surface area contributed by atoms with Crippen molar-refractivity contribution >= 4 is 28.9 Å². The Labute approximate surface area is 211 Å². The molecule has 1 saturated heterocycles. The van der Waals surface area contributed by atoms with Crippen molar-refractivity contribution < 1.29 is 14.3 Å². The van der Waals surface area contributed by atoms with Gasteiger partial charge >= 0.3 is 0 Å². The van der Waals surface area contributed by atoms with Crippen molar-refractivity contribution in [2.24, 2.45) is 0 Å². The molecule has 2 aliphatic heterocycles. The standard InChI is InChI=1S/C27H32N4O3S/c1-19(16-31-18-22(35-20(31)2)17-30-13-11-28-12-14-30)23-7-5-6-8-24(23)29-27(32)21-9-10-25(33-3)26(15-21)34-4/h5-10,15-16,18,28H,2,11-14,17H2,1,3-4H3,(H,29,32)/b19-16+. The van der Waals surface area contributed by atoms with Crippen molar-refractivity contribution in [1.82, 2.24) is 15.1 Å². The van der Waals surface area contributed by atoms with Crippen LogP contribution in [-0.4, -0.2) is 62.7 Å². The van der Waals surface area contributed by atoms with E-state index in [-0.39, 0.29) is 5.91 Å². The second kappa shape index (κ2) is 11.5. The maximum absolute atomic E-state index is 13.0. The SMILES string of the molecule is C=C1SC(CN2CCNCC2)=CN1/C=C(\C)c1ccccc1NC(=O)c1ccc(OC)c(OC)c1. The van der Waals surface area contributed by atoms with Crippen LogP contribution in [0.25, 0.3) is 5.57 Å². The van der Waals surface area contributed by atoms with Crippen LogP contribution in [-0.2, 0) is 0 Å². The van der Waals surface area contributed by atoms with E-state index in [9.17, 15) is 4.79 Å². The van der Waals surface area contributed by atoms with Gasteiger partial charge in [0.05, 0.1) is 19.2 Å². The van der Waals surface area contributed by atoms with Crippen molar-refractivity contribution in [2.75, 3.05) is 52.3 Å². The Morgan fingerprint density at radius 2 is 1.89 bits per heavy atom. The van der Waals surface area contributed by atoms with E-state index in [1.54, 1.807) is 44.2 Å². The van der Waals surface area contributed by atoms with Crippen LogP contribution in [0.5, 0.6) is 11.5 Å². The molecule has 0 bridgehead atoms. The number of allylic oxidation sites excluding steroid dienone is 1. The van der Waals surface area contributed by atoms with E-state index in [1.165, 1.54) is 4.91 Å². The lowest BCUT2D eigenvalue weighted by Crippen LogP contribution is -2.43. The van der Waals surface area contributed by atoms with Crippen LogP contribution in [0, 0.1) is 0 Å². The summed E-state index contributed by atoms with van der Waals surface area (Å²) in [7, 11) is 3.12. The summed E-state index contributed by atoms with van der Waals surface area (Å²) in [6.07, 6.45) is 4.23. The summed E-state index contributed by atoms with van der Waals surface area (Å²) in [6, 6.07) is 12.9. The molecule has 4 rings (SSSR count). The molecule has 0 spiro atoms. The van der Waals surface area contributed by atoms with Crippen molar-refractivity contribution in [1.29, 1.82) is 0 Å². The van der Waals surface area contributed by atoms with E-state index >= 15 is 0 Å². The van der Waals surface area contributed by atoms with Crippen LogP contribution in [0.3, 0.4) is 0 Å². The molecule has 184 valence electrons. The Hall–Kier alpha value is -3.20. The summed E-state index contributed by atoms with van der Waals surface area (Å²) in [4.78, 5) is 18.8. The minimum atomic E-state index is -0.217. The first kappa shape index (κ1) is 24.9. The smallest absolute Gasteiger partial charge is 0.255 e. The van der Waals surface area contributed by atoms with Crippen molar-refractivity contribution in [3.8, 4) is 11.5 Å². The number of thioether (sulfide) groups is 1. The number of para-hydroxylation sites is 1. The molecular weight excluding hydrogens is 460 g/mol. The van der Waals surface area contributed by atoms with Crippen LogP contribution in [0.1, 0.15) is 22.8 Å². The minimum absolute atomic E-state index is 0.217. The van der Waals surface area contributed by atoms with Gasteiger partial charge < -0.3 is 25.0 Å². The van der Waals surface area contributed by atoms with E-state index in [0.29, 0.717) is 17.1 Å². The topological polar surface area (TPSA) is 66.1 Å². The Kier molecular flexibility index (Phi) is 8.17. The third-order valence-electron chi connectivity index (χ3n) is 5.99. The van der Waals surface area contributed by atoms with E-state index in [0.717, 1.165) is 54.6 Å². The van der Waals surface area contributed by atoms with Gasteiger partial charge in [0.2, 0.25) is 0 Å². The first-order valence-electron chi connectivity index (χ1n) is 11.6. The number of piperazine rings is 1. The molecule has 0 aliphatic carbocycles. The lowest BCUT2D eigenvalue weighted by molar-refractivity contribution is 0.102. The first-order valence-corrected chi connectivity index (χ1v) is 12.4. The molecule has 1 amide bonds. The first-order chi connectivity index (χ1) is 17.0. The molecule has 2 N–H and O–H groups in total. The number of methoxy groups -OCH3 is 2. The Morgan fingerprint density at radius 1 is 1.14 bits per heavy atom. The normalized spacial score (nSPS) is 16.8. The molecule has 2 aliphatic rings. The number of anilines is 1. The van der Waals surface area contributed by atoms with Gasteiger partial charge in [-0.2, -0.15) is 0 Å². The summed E-state index contributed by atoms with van der Waals surface area (Å²) >= 11 is 1.72. The van der Waals surface area contributed by atoms with Gasteiger partial charge in [0.25, 0.3) is 5.91 Å². The monoisotopic (exact) mass is 492 g/mol. The second-order valence-electron chi connectivity index (χ2n) is 8.41. The van der Waals surface area contributed by atoms with Crippen LogP contribution < -0.4 is 20.1 Å². The third-order valence-corrected chi connectivity index (χ3v) is 6.93. The highest BCUT2D eigenvalue weighted by molar-refractivity contribution is 8.06. The molecule has 2 aromatic rings. The zero-order chi connectivity index (χ0) is 24.8. The van der Waals surface area contributed by atoms with E-state index in [4.69, 9.17) is 9.47 Å². The number of amides is 1. The number of nitrogens with zero attached hydrogens (tertiary/aromatic N) is 2. The van der Waals surface area contributed by atoms with E-state index in [1.807, 2.05) is 31.2 Å². The maximum Gasteiger partial charge on any atom is 0.255 e. The number of hydrogen-bond donors (Lipinski definition) is 2. The maximum atomic E-state index is 13.0. The number of rotatable bonds is 8. The van der Waals surface area contributed by atoms with Crippen LogP contribution >= 0.6 is 11.8 Å². The molecular formula is C27H32N4O3S. The fourth-order valence-electron chi connectivity index (χ4n) is 4.12. The summed E-state index contributed by atoms with van der Waals surface area (Å²) in [5, 5.41) is 7.41. The minimum Gasteiger partial charge on any atom is -0.493 e. The van der Waals surface area contributed by atoms with E-state index < -0.39 is 0 Å². The summed E-state index contributed by atoms with van der Waals surface area (Å²) in [5.74, 6) is 0.875. The molecule has 2 heterocycles. The van der Waals surface area contributed by atoms with Gasteiger partial charge in [-0.15, -0.1) is 0 Å². The predicted molar refractivity (Wildman–Crippen MR) is 144 cm³/mol. The third kappa shape index (κ3) is 6.08. The molecule has 1 fully saturated rings. The average Bonchev–Trinajstić information content (AvgIpc) is 3.22. The van der Waals surface area contributed by atoms with Crippen LogP contribution in [0.15, 0.2) is 71.4 Å². The summed E-state index contributed by atoms with van der Waals surface area (Å²) in [6.45, 7) is 11.4. The van der Waals surface area contributed by atoms with Gasteiger partial charge in [-0.1, -0.05) is 36.5 Å². The lowest BCUT2D eigenvalue weighted by Gasteiger charge is -2.26. The number of benzene rings is 2. The molecule has 0 unspecified atom stereocenters. The van der Waals surface area contributed by atoms with Crippen molar-refractivity contribution in [3.05, 3.63) is 82.5 Å². The van der Waals surface area contributed by atoms with Gasteiger partial charge in [-0.05, 0) is 36.8 Å². The molecule has 0 aromatic heterocycles. The van der Waals surface area contributed by atoms with Crippen molar-refractivity contribution in [2.45, 2.75) is 6.92 Å². The van der Waals surface area contributed by atoms with Gasteiger partial charge in [-0.3, -0.25) is 9.69 Å². The van der Waals surface area contributed by atoms with Gasteiger partial charge in [0.15, 0.2) is 11.5 Å². The number of carbonyl (C=O) groups is 1.